The van der Waals surface area contributed by atoms with E-state index in [1.807, 2.05) is 0 Å². The molecule has 0 saturated carbocycles. The summed E-state index contributed by atoms with van der Waals surface area (Å²) in [4.78, 5) is 2.08. The second kappa shape index (κ2) is 6.52. The highest BCUT2D eigenvalue weighted by molar-refractivity contribution is 7.98. The summed E-state index contributed by atoms with van der Waals surface area (Å²) in [5, 5.41) is 9.64. The number of fused-ring (bicyclic) bond motifs is 1. The number of halogens is 1. The molecule has 0 atom stereocenters. The highest BCUT2D eigenvalue weighted by Crippen LogP contribution is 2.33. The molecule has 0 radical (unpaired) electrons. The minimum atomic E-state index is -0.228. The minimum Gasteiger partial charge on any atom is -0.309 e. The average molecular weight is 354 g/mol. The van der Waals surface area contributed by atoms with E-state index in [2.05, 4.69) is 51.7 Å². The Hall–Kier alpha value is -2.34. The molecule has 0 spiro atoms. The summed E-state index contributed by atoms with van der Waals surface area (Å²) in [6.07, 6.45) is 0. The van der Waals surface area contributed by atoms with E-state index in [1.165, 1.54) is 28.8 Å². The van der Waals surface area contributed by atoms with Crippen LogP contribution in [0.4, 0.5) is 16.0 Å². The molecule has 6 heteroatoms. The van der Waals surface area contributed by atoms with Gasteiger partial charge in [0.2, 0.25) is 5.95 Å². The van der Waals surface area contributed by atoms with Gasteiger partial charge in [-0.15, -0.1) is 10.2 Å². The molecule has 2 aromatic carbocycles. The van der Waals surface area contributed by atoms with Gasteiger partial charge in [-0.2, -0.15) is 0 Å². The van der Waals surface area contributed by atoms with Crippen LogP contribution in [0.2, 0.25) is 0 Å². The molecule has 0 fully saturated rings. The van der Waals surface area contributed by atoms with Crippen molar-refractivity contribution in [3.8, 4) is 0 Å². The first kappa shape index (κ1) is 16.1. The number of aromatic nitrogens is 3. The SMILES string of the molecule is Cc1ccc(C)c(CSc2nnc3n2CCN3c2ccc(F)cc2)c1. The van der Waals surface area contributed by atoms with Crippen LogP contribution in [-0.4, -0.2) is 21.3 Å². The second-order valence-electron chi connectivity index (χ2n) is 6.28. The van der Waals surface area contributed by atoms with Crippen molar-refractivity contribution in [3.63, 3.8) is 0 Å². The maximum atomic E-state index is 13.1. The summed E-state index contributed by atoms with van der Waals surface area (Å²) in [7, 11) is 0. The molecule has 4 nitrogen and oxygen atoms in total. The Morgan fingerprint density at radius 2 is 1.84 bits per heavy atom. The van der Waals surface area contributed by atoms with E-state index in [-0.39, 0.29) is 5.82 Å². The molecule has 0 unspecified atom stereocenters. The fourth-order valence-electron chi connectivity index (χ4n) is 3.05. The van der Waals surface area contributed by atoms with Crippen LogP contribution in [0.5, 0.6) is 0 Å². The van der Waals surface area contributed by atoms with Gasteiger partial charge < -0.3 is 4.90 Å². The number of hydrogen-bond donors (Lipinski definition) is 0. The Morgan fingerprint density at radius 1 is 1.04 bits per heavy atom. The number of nitrogens with zero attached hydrogens (tertiary/aromatic N) is 4. The standard InChI is InChI=1S/C19H19FN4S/c1-13-3-4-14(2)15(11-13)12-25-19-22-21-18-23(9-10-24(18)19)17-7-5-16(20)6-8-17/h3-8,11H,9-10,12H2,1-2H3. The predicted octanol–water partition coefficient (Wildman–Crippen LogP) is 4.48. The lowest BCUT2D eigenvalue weighted by Crippen LogP contribution is -2.14. The molecule has 1 aliphatic heterocycles. The van der Waals surface area contributed by atoms with E-state index < -0.39 is 0 Å². The number of rotatable bonds is 4. The van der Waals surface area contributed by atoms with Crippen LogP contribution in [0.3, 0.4) is 0 Å². The monoisotopic (exact) mass is 354 g/mol. The average Bonchev–Trinajstić information content (AvgIpc) is 3.19. The lowest BCUT2D eigenvalue weighted by molar-refractivity contribution is 0.627. The summed E-state index contributed by atoms with van der Waals surface area (Å²) in [5.41, 5.74) is 4.84. The number of hydrogen-bond acceptors (Lipinski definition) is 4. The van der Waals surface area contributed by atoms with Gasteiger partial charge >= 0.3 is 0 Å². The molecular formula is C19H19FN4S. The van der Waals surface area contributed by atoms with Crippen molar-refractivity contribution in [2.24, 2.45) is 0 Å². The molecule has 4 rings (SSSR count). The van der Waals surface area contributed by atoms with Crippen LogP contribution >= 0.6 is 11.8 Å². The molecule has 128 valence electrons. The van der Waals surface area contributed by atoms with E-state index in [4.69, 9.17) is 0 Å². The maximum absolute atomic E-state index is 13.1. The Kier molecular flexibility index (Phi) is 4.21. The first-order valence-corrected chi connectivity index (χ1v) is 9.25. The third-order valence-corrected chi connectivity index (χ3v) is 5.50. The summed E-state index contributed by atoms with van der Waals surface area (Å²) in [6, 6.07) is 13.0. The summed E-state index contributed by atoms with van der Waals surface area (Å²) < 4.78 is 15.3. The maximum Gasteiger partial charge on any atom is 0.232 e. The lowest BCUT2D eigenvalue weighted by Gasteiger charge is -2.14. The molecule has 1 aromatic heterocycles. The molecule has 0 saturated heterocycles. The summed E-state index contributed by atoms with van der Waals surface area (Å²) >= 11 is 1.71. The van der Waals surface area contributed by atoms with Crippen molar-refractivity contribution in [2.75, 3.05) is 11.4 Å². The van der Waals surface area contributed by atoms with Gasteiger partial charge in [0.25, 0.3) is 0 Å². The summed E-state index contributed by atoms with van der Waals surface area (Å²) in [5.74, 6) is 1.48. The van der Waals surface area contributed by atoms with Crippen molar-refractivity contribution >= 4 is 23.4 Å². The van der Waals surface area contributed by atoms with Crippen LogP contribution < -0.4 is 4.90 Å². The number of anilines is 2. The van der Waals surface area contributed by atoms with Crippen molar-refractivity contribution in [1.29, 1.82) is 0 Å². The number of benzene rings is 2. The highest BCUT2D eigenvalue weighted by Gasteiger charge is 2.26. The van der Waals surface area contributed by atoms with Gasteiger partial charge in [-0.25, -0.2) is 4.39 Å². The van der Waals surface area contributed by atoms with Crippen LogP contribution in [-0.2, 0) is 12.3 Å². The van der Waals surface area contributed by atoms with E-state index in [9.17, 15) is 4.39 Å². The quantitative estimate of drug-likeness (QED) is 0.647. The molecule has 25 heavy (non-hydrogen) atoms. The zero-order valence-electron chi connectivity index (χ0n) is 14.2. The lowest BCUT2D eigenvalue weighted by atomic mass is 10.1. The fraction of sp³-hybridized carbons (Fsp3) is 0.263. The Balaban J connectivity index is 1.53. The van der Waals surface area contributed by atoms with E-state index >= 15 is 0 Å². The van der Waals surface area contributed by atoms with Gasteiger partial charge in [0.15, 0.2) is 5.16 Å². The van der Waals surface area contributed by atoms with Gasteiger partial charge in [0.1, 0.15) is 5.82 Å². The van der Waals surface area contributed by atoms with E-state index in [1.54, 1.807) is 23.9 Å². The largest absolute Gasteiger partial charge is 0.309 e. The van der Waals surface area contributed by atoms with Crippen LogP contribution in [0.15, 0.2) is 47.6 Å². The van der Waals surface area contributed by atoms with Crippen molar-refractivity contribution in [2.45, 2.75) is 31.3 Å². The molecule has 0 amide bonds. The Labute approximate surface area is 150 Å². The molecule has 1 aliphatic rings. The van der Waals surface area contributed by atoms with Crippen LogP contribution in [0.1, 0.15) is 16.7 Å². The van der Waals surface area contributed by atoms with E-state index in [0.29, 0.717) is 0 Å². The predicted molar refractivity (Wildman–Crippen MR) is 98.9 cm³/mol. The van der Waals surface area contributed by atoms with Gasteiger partial charge in [-0.1, -0.05) is 35.5 Å². The zero-order valence-corrected chi connectivity index (χ0v) is 15.1. The molecular weight excluding hydrogens is 335 g/mol. The Bertz CT molecular complexity index is 904. The van der Waals surface area contributed by atoms with Crippen molar-refractivity contribution < 1.29 is 4.39 Å². The van der Waals surface area contributed by atoms with Crippen LogP contribution in [0, 0.1) is 19.7 Å². The van der Waals surface area contributed by atoms with Crippen molar-refractivity contribution in [3.05, 3.63) is 65.0 Å². The topological polar surface area (TPSA) is 34.0 Å². The molecule has 0 bridgehead atoms. The van der Waals surface area contributed by atoms with E-state index in [0.717, 1.165) is 35.6 Å². The smallest absolute Gasteiger partial charge is 0.232 e. The van der Waals surface area contributed by atoms with Crippen LogP contribution in [0.25, 0.3) is 0 Å². The van der Waals surface area contributed by atoms with Gasteiger partial charge in [-0.3, -0.25) is 4.57 Å². The number of aryl methyl sites for hydroxylation is 2. The third-order valence-electron chi connectivity index (χ3n) is 4.49. The molecule has 0 N–H and O–H groups in total. The second-order valence-corrected chi connectivity index (χ2v) is 7.22. The molecule has 3 aromatic rings. The first-order valence-electron chi connectivity index (χ1n) is 8.27. The zero-order chi connectivity index (χ0) is 17.4. The molecule has 2 heterocycles. The first-order chi connectivity index (χ1) is 12.1. The van der Waals surface area contributed by atoms with Crippen molar-refractivity contribution in [1.82, 2.24) is 14.8 Å². The van der Waals surface area contributed by atoms with Gasteiger partial charge in [-0.05, 0) is 49.2 Å². The Morgan fingerprint density at radius 3 is 2.64 bits per heavy atom. The van der Waals surface area contributed by atoms with Gasteiger partial charge in [0.05, 0.1) is 0 Å². The fourth-order valence-corrected chi connectivity index (χ4v) is 4.07. The summed E-state index contributed by atoms with van der Waals surface area (Å²) in [6.45, 7) is 5.92. The normalized spacial score (nSPS) is 13.3. The number of thioether (sulfide) groups is 1. The third kappa shape index (κ3) is 3.14. The highest BCUT2D eigenvalue weighted by atomic mass is 32.2. The molecule has 0 aliphatic carbocycles. The van der Waals surface area contributed by atoms with Gasteiger partial charge in [0, 0.05) is 24.5 Å². The minimum absolute atomic E-state index is 0.228.